The van der Waals surface area contributed by atoms with Gasteiger partial charge < -0.3 is 20.3 Å². The fourth-order valence-corrected chi connectivity index (χ4v) is 1.74. The molecule has 0 saturated heterocycles. The Bertz CT molecular complexity index is 558. The maximum Gasteiger partial charge on any atom is 0.131 e. The smallest absolute Gasteiger partial charge is 0.131 e. The van der Waals surface area contributed by atoms with E-state index in [9.17, 15) is 0 Å². The van der Waals surface area contributed by atoms with Gasteiger partial charge in [0.05, 0.1) is 19.4 Å². The highest BCUT2D eigenvalue weighted by Gasteiger charge is 2.09. The molecule has 1 aromatic heterocycles. The third kappa shape index (κ3) is 3.14. The fraction of sp³-hybridized carbons (Fsp3) is 0.214. The van der Waals surface area contributed by atoms with Gasteiger partial charge in [0.15, 0.2) is 0 Å². The Morgan fingerprint density at radius 1 is 1.26 bits per heavy atom. The molecule has 3 N–H and O–H groups in total. The number of aromatic nitrogens is 1. The van der Waals surface area contributed by atoms with Crippen molar-refractivity contribution in [2.24, 2.45) is 0 Å². The highest BCUT2D eigenvalue weighted by molar-refractivity contribution is 5.69. The number of hydrogen-bond acceptors (Lipinski definition) is 5. The number of aliphatic hydroxyl groups excluding tert-OH is 1. The highest BCUT2D eigenvalue weighted by atomic mass is 16.5. The van der Waals surface area contributed by atoms with Crippen LogP contribution in [0, 0.1) is 0 Å². The number of nitrogen functional groups attached to an aromatic ring is 1. The molecule has 0 fully saturated rings. The van der Waals surface area contributed by atoms with E-state index in [1.165, 1.54) is 0 Å². The summed E-state index contributed by atoms with van der Waals surface area (Å²) in [7, 11) is 1.58. The van der Waals surface area contributed by atoms with Crippen LogP contribution in [0.3, 0.4) is 0 Å². The molecule has 5 nitrogen and oxygen atoms in total. The minimum absolute atomic E-state index is 0.0269. The number of ether oxygens (including phenoxy) is 2. The summed E-state index contributed by atoms with van der Waals surface area (Å²) in [6, 6.07) is 10.9. The molecule has 0 amide bonds. The van der Waals surface area contributed by atoms with E-state index in [1.807, 2.05) is 18.2 Å². The first kappa shape index (κ1) is 13.2. The van der Waals surface area contributed by atoms with E-state index in [0.717, 1.165) is 11.3 Å². The molecule has 100 valence electrons. The van der Waals surface area contributed by atoms with Crippen LogP contribution < -0.4 is 15.2 Å². The summed E-state index contributed by atoms with van der Waals surface area (Å²) < 4.78 is 10.7. The van der Waals surface area contributed by atoms with Gasteiger partial charge in [-0.1, -0.05) is 6.07 Å². The average molecular weight is 260 g/mol. The van der Waals surface area contributed by atoms with Crippen LogP contribution in [0.2, 0.25) is 0 Å². The van der Waals surface area contributed by atoms with Crippen molar-refractivity contribution in [2.45, 2.75) is 0 Å². The summed E-state index contributed by atoms with van der Waals surface area (Å²) in [6.45, 7) is 0.222. The first-order valence-corrected chi connectivity index (χ1v) is 5.89. The number of hydrogen-bond donors (Lipinski definition) is 2. The maximum atomic E-state index is 8.74. The molecule has 1 heterocycles. The van der Waals surface area contributed by atoms with E-state index >= 15 is 0 Å². The van der Waals surface area contributed by atoms with Gasteiger partial charge in [0.2, 0.25) is 0 Å². The van der Waals surface area contributed by atoms with Gasteiger partial charge >= 0.3 is 0 Å². The molecular weight excluding hydrogens is 244 g/mol. The molecule has 0 atom stereocenters. The molecule has 0 saturated carbocycles. The van der Waals surface area contributed by atoms with Crippen LogP contribution in [0.25, 0.3) is 11.3 Å². The quantitative estimate of drug-likeness (QED) is 0.855. The van der Waals surface area contributed by atoms with Gasteiger partial charge in [-0.2, -0.15) is 0 Å². The first-order valence-electron chi connectivity index (χ1n) is 5.89. The maximum absolute atomic E-state index is 8.74. The third-order valence-electron chi connectivity index (χ3n) is 2.58. The summed E-state index contributed by atoms with van der Waals surface area (Å²) in [4.78, 5) is 4.26. The van der Waals surface area contributed by atoms with Gasteiger partial charge in [-0.3, -0.25) is 0 Å². The second-order valence-corrected chi connectivity index (χ2v) is 3.88. The standard InChI is InChI=1S/C14H16N2O3/c1-18-13-9-10(19-8-7-17)5-6-11(13)12-3-2-4-14(15)16-12/h2-6,9,17H,7-8H2,1H3,(H2,15,16). The average Bonchev–Trinajstić information content (AvgIpc) is 2.44. The molecule has 0 aliphatic rings. The number of methoxy groups -OCH3 is 1. The Labute approximate surface area is 111 Å². The SMILES string of the molecule is COc1cc(OCCO)ccc1-c1cccc(N)n1. The molecular formula is C14H16N2O3. The second kappa shape index (κ2) is 6.06. The normalized spacial score (nSPS) is 10.2. The minimum atomic E-state index is -0.0269. The summed E-state index contributed by atoms with van der Waals surface area (Å²) in [6.07, 6.45) is 0. The summed E-state index contributed by atoms with van der Waals surface area (Å²) >= 11 is 0. The monoisotopic (exact) mass is 260 g/mol. The van der Waals surface area contributed by atoms with E-state index in [0.29, 0.717) is 17.3 Å². The van der Waals surface area contributed by atoms with E-state index in [2.05, 4.69) is 4.98 Å². The van der Waals surface area contributed by atoms with E-state index < -0.39 is 0 Å². The molecule has 2 rings (SSSR count). The van der Waals surface area contributed by atoms with Crippen LogP contribution >= 0.6 is 0 Å². The third-order valence-corrected chi connectivity index (χ3v) is 2.58. The molecule has 2 aromatic rings. The minimum Gasteiger partial charge on any atom is -0.496 e. The number of pyridine rings is 1. The van der Waals surface area contributed by atoms with Crippen LogP contribution in [-0.4, -0.2) is 30.4 Å². The Balaban J connectivity index is 2.35. The molecule has 0 bridgehead atoms. The van der Waals surface area contributed by atoms with Crippen molar-refractivity contribution < 1.29 is 14.6 Å². The number of aliphatic hydroxyl groups is 1. The Hall–Kier alpha value is -2.27. The number of nitrogens with zero attached hydrogens (tertiary/aromatic N) is 1. The first-order chi connectivity index (χ1) is 9.24. The number of rotatable bonds is 5. The van der Waals surface area contributed by atoms with Gasteiger partial charge in [0, 0.05) is 11.6 Å². The second-order valence-electron chi connectivity index (χ2n) is 3.88. The van der Waals surface area contributed by atoms with Crippen LogP contribution in [-0.2, 0) is 0 Å². The van der Waals surface area contributed by atoms with Crippen LogP contribution in [0.1, 0.15) is 0 Å². The number of benzene rings is 1. The van der Waals surface area contributed by atoms with Gasteiger partial charge in [0.25, 0.3) is 0 Å². The number of nitrogens with two attached hydrogens (primary N) is 1. The van der Waals surface area contributed by atoms with Crippen molar-refractivity contribution in [1.82, 2.24) is 4.98 Å². The molecule has 0 unspecified atom stereocenters. The molecule has 0 aliphatic heterocycles. The Morgan fingerprint density at radius 2 is 2.11 bits per heavy atom. The topological polar surface area (TPSA) is 77.6 Å². The predicted octanol–water partition coefficient (Wildman–Crippen LogP) is 1.71. The largest absolute Gasteiger partial charge is 0.496 e. The van der Waals surface area contributed by atoms with E-state index in [4.69, 9.17) is 20.3 Å². The van der Waals surface area contributed by atoms with Crippen molar-refractivity contribution in [2.75, 3.05) is 26.1 Å². The van der Waals surface area contributed by atoms with Crippen LogP contribution in [0.15, 0.2) is 36.4 Å². The van der Waals surface area contributed by atoms with Crippen molar-refractivity contribution >= 4 is 5.82 Å². The van der Waals surface area contributed by atoms with Gasteiger partial charge in [-0.25, -0.2) is 4.98 Å². The van der Waals surface area contributed by atoms with Crippen LogP contribution in [0.4, 0.5) is 5.82 Å². The number of anilines is 1. The highest BCUT2D eigenvalue weighted by Crippen LogP contribution is 2.32. The van der Waals surface area contributed by atoms with Gasteiger partial charge in [-0.05, 0) is 24.3 Å². The van der Waals surface area contributed by atoms with Gasteiger partial charge in [0.1, 0.15) is 23.9 Å². The molecule has 1 aromatic carbocycles. The van der Waals surface area contributed by atoms with Gasteiger partial charge in [-0.15, -0.1) is 0 Å². The lowest BCUT2D eigenvalue weighted by molar-refractivity contribution is 0.201. The Morgan fingerprint density at radius 3 is 2.79 bits per heavy atom. The fourth-order valence-electron chi connectivity index (χ4n) is 1.74. The summed E-state index contributed by atoms with van der Waals surface area (Å²) in [5.74, 6) is 1.74. The molecule has 0 radical (unpaired) electrons. The van der Waals surface area contributed by atoms with Crippen LogP contribution in [0.5, 0.6) is 11.5 Å². The summed E-state index contributed by atoms with van der Waals surface area (Å²) in [5, 5.41) is 8.74. The van der Waals surface area contributed by atoms with Crippen molar-refractivity contribution in [3.63, 3.8) is 0 Å². The molecule has 5 heteroatoms. The van der Waals surface area contributed by atoms with Crippen molar-refractivity contribution in [1.29, 1.82) is 0 Å². The zero-order valence-electron chi connectivity index (χ0n) is 10.7. The molecule has 0 aliphatic carbocycles. The lowest BCUT2D eigenvalue weighted by atomic mass is 10.1. The summed E-state index contributed by atoms with van der Waals surface area (Å²) in [5.41, 5.74) is 7.26. The van der Waals surface area contributed by atoms with E-state index in [-0.39, 0.29) is 13.2 Å². The van der Waals surface area contributed by atoms with E-state index in [1.54, 1.807) is 25.3 Å². The zero-order valence-corrected chi connectivity index (χ0v) is 10.7. The zero-order chi connectivity index (χ0) is 13.7. The lowest BCUT2D eigenvalue weighted by Crippen LogP contribution is -2.02. The Kier molecular flexibility index (Phi) is 4.20. The van der Waals surface area contributed by atoms with Crippen molar-refractivity contribution in [3.8, 4) is 22.8 Å². The predicted molar refractivity (Wildman–Crippen MR) is 73.2 cm³/mol. The van der Waals surface area contributed by atoms with Crippen molar-refractivity contribution in [3.05, 3.63) is 36.4 Å². The molecule has 19 heavy (non-hydrogen) atoms. The lowest BCUT2D eigenvalue weighted by Gasteiger charge is -2.11. The molecule has 0 spiro atoms.